The summed E-state index contributed by atoms with van der Waals surface area (Å²) in [5.41, 5.74) is 0.651. The molecule has 0 aliphatic carbocycles. The molecule has 0 radical (unpaired) electrons. The highest BCUT2D eigenvalue weighted by molar-refractivity contribution is 6.34. The van der Waals surface area contributed by atoms with Gasteiger partial charge >= 0.3 is 0 Å². The summed E-state index contributed by atoms with van der Waals surface area (Å²) in [6.45, 7) is 3.51. The van der Waals surface area contributed by atoms with Gasteiger partial charge < -0.3 is 4.74 Å². The largest absolute Gasteiger partial charge is 0.437 e. The summed E-state index contributed by atoms with van der Waals surface area (Å²) in [6.07, 6.45) is 0. The number of benzene rings is 1. The van der Waals surface area contributed by atoms with Gasteiger partial charge in [0.1, 0.15) is 16.7 Å². The maximum atomic E-state index is 6.02. The number of ether oxygens (including phenoxy) is 1. The van der Waals surface area contributed by atoms with Gasteiger partial charge in [-0.25, -0.2) is 4.98 Å². The Balaban J connectivity index is 2.43. The van der Waals surface area contributed by atoms with Crippen LogP contribution >= 0.6 is 34.8 Å². The van der Waals surface area contributed by atoms with E-state index in [1.54, 1.807) is 32.0 Å². The molecule has 0 aliphatic heterocycles. The van der Waals surface area contributed by atoms with Gasteiger partial charge in [0.25, 0.3) is 0 Å². The maximum Gasteiger partial charge on any atom is 0.227 e. The molecule has 1 aromatic carbocycles. The van der Waals surface area contributed by atoms with Crippen LogP contribution in [-0.4, -0.2) is 9.97 Å². The zero-order valence-corrected chi connectivity index (χ0v) is 11.9. The average Bonchev–Trinajstić information content (AvgIpc) is 2.30. The summed E-state index contributed by atoms with van der Waals surface area (Å²) in [4.78, 5) is 8.21. The van der Waals surface area contributed by atoms with Gasteiger partial charge in [-0.2, -0.15) is 4.98 Å². The smallest absolute Gasteiger partial charge is 0.227 e. The first-order valence-corrected chi connectivity index (χ1v) is 6.24. The first-order valence-electron chi connectivity index (χ1n) is 5.11. The van der Waals surface area contributed by atoms with Crippen LogP contribution in [0.2, 0.25) is 15.2 Å². The zero-order chi connectivity index (χ0) is 13.3. The lowest BCUT2D eigenvalue weighted by Crippen LogP contribution is -1.97. The molecule has 1 aromatic heterocycles. The SMILES string of the molecule is Cc1nc(Cl)c(C)c(Oc2cc(Cl)ccc2Cl)n1. The highest BCUT2D eigenvalue weighted by Gasteiger charge is 2.11. The number of halogens is 3. The van der Waals surface area contributed by atoms with E-state index >= 15 is 0 Å². The number of rotatable bonds is 2. The fourth-order valence-electron chi connectivity index (χ4n) is 1.33. The molecule has 2 rings (SSSR count). The first kappa shape index (κ1) is 13.4. The lowest BCUT2D eigenvalue weighted by Gasteiger charge is -2.10. The Hall–Kier alpha value is -1.03. The van der Waals surface area contributed by atoms with Crippen molar-refractivity contribution in [2.45, 2.75) is 13.8 Å². The van der Waals surface area contributed by atoms with Crippen LogP contribution in [0.25, 0.3) is 0 Å². The molecular formula is C12H9Cl3N2O. The third-order valence-corrected chi connectivity index (χ3v) is 3.17. The molecule has 0 N–H and O–H groups in total. The Morgan fingerprint density at radius 3 is 2.50 bits per heavy atom. The van der Waals surface area contributed by atoms with Crippen molar-refractivity contribution in [3.63, 3.8) is 0 Å². The van der Waals surface area contributed by atoms with Crippen molar-refractivity contribution >= 4 is 34.8 Å². The van der Waals surface area contributed by atoms with Crippen LogP contribution in [0.4, 0.5) is 0 Å². The fraction of sp³-hybridized carbons (Fsp3) is 0.167. The van der Waals surface area contributed by atoms with Crippen LogP contribution in [-0.2, 0) is 0 Å². The van der Waals surface area contributed by atoms with E-state index < -0.39 is 0 Å². The minimum Gasteiger partial charge on any atom is -0.437 e. The van der Waals surface area contributed by atoms with E-state index in [0.717, 1.165) is 0 Å². The number of hydrogen-bond acceptors (Lipinski definition) is 3. The standard InChI is InChI=1S/C12H9Cl3N2O/c1-6-11(15)16-7(2)17-12(6)18-10-5-8(13)3-4-9(10)14/h3-5H,1-2H3. The monoisotopic (exact) mass is 302 g/mol. The van der Waals surface area contributed by atoms with Crippen molar-refractivity contribution in [3.8, 4) is 11.6 Å². The van der Waals surface area contributed by atoms with Crippen LogP contribution in [0, 0.1) is 13.8 Å². The van der Waals surface area contributed by atoms with Crippen molar-refractivity contribution in [3.05, 3.63) is 44.8 Å². The Morgan fingerprint density at radius 2 is 1.78 bits per heavy atom. The maximum absolute atomic E-state index is 6.02. The minimum atomic E-state index is 0.357. The molecule has 0 aliphatic rings. The fourth-order valence-corrected chi connectivity index (χ4v) is 1.85. The van der Waals surface area contributed by atoms with Gasteiger partial charge in [0.05, 0.1) is 5.02 Å². The van der Waals surface area contributed by atoms with Gasteiger partial charge in [-0.1, -0.05) is 34.8 Å². The van der Waals surface area contributed by atoms with Crippen LogP contribution in [0.5, 0.6) is 11.6 Å². The van der Waals surface area contributed by atoms with Gasteiger partial charge in [-0.15, -0.1) is 0 Å². The molecule has 0 unspecified atom stereocenters. The van der Waals surface area contributed by atoms with E-state index in [9.17, 15) is 0 Å². The van der Waals surface area contributed by atoms with Crippen molar-refractivity contribution in [2.24, 2.45) is 0 Å². The molecule has 0 spiro atoms. The van der Waals surface area contributed by atoms with Gasteiger partial charge in [0, 0.05) is 16.7 Å². The predicted molar refractivity (Wildman–Crippen MR) is 73.1 cm³/mol. The molecular weight excluding hydrogens is 295 g/mol. The van der Waals surface area contributed by atoms with Crippen molar-refractivity contribution in [1.82, 2.24) is 9.97 Å². The van der Waals surface area contributed by atoms with Crippen LogP contribution in [0.15, 0.2) is 18.2 Å². The second-order valence-corrected chi connectivity index (χ2v) is 4.87. The summed E-state index contributed by atoms with van der Waals surface area (Å²) >= 11 is 17.9. The summed E-state index contributed by atoms with van der Waals surface area (Å²) in [6, 6.07) is 4.96. The number of aryl methyl sites for hydroxylation is 1. The van der Waals surface area contributed by atoms with E-state index in [1.807, 2.05) is 0 Å². The second kappa shape index (κ2) is 5.31. The van der Waals surface area contributed by atoms with Crippen LogP contribution < -0.4 is 4.74 Å². The van der Waals surface area contributed by atoms with Gasteiger partial charge in [0.2, 0.25) is 5.88 Å². The molecule has 1 heterocycles. The second-order valence-electron chi connectivity index (χ2n) is 3.67. The van der Waals surface area contributed by atoms with Gasteiger partial charge in [0.15, 0.2) is 0 Å². The molecule has 18 heavy (non-hydrogen) atoms. The first-order chi connectivity index (χ1) is 8.47. The number of aromatic nitrogens is 2. The normalized spacial score (nSPS) is 10.5. The molecule has 0 bridgehead atoms. The van der Waals surface area contributed by atoms with E-state index in [0.29, 0.717) is 38.2 Å². The third kappa shape index (κ3) is 2.86. The Morgan fingerprint density at radius 1 is 1.06 bits per heavy atom. The van der Waals surface area contributed by atoms with E-state index in [2.05, 4.69) is 9.97 Å². The highest BCUT2D eigenvalue weighted by Crippen LogP contribution is 2.33. The molecule has 0 saturated carbocycles. The van der Waals surface area contributed by atoms with Crippen LogP contribution in [0.1, 0.15) is 11.4 Å². The predicted octanol–water partition coefficient (Wildman–Crippen LogP) is 4.85. The summed E-state index contributed by atoms with van der Waals surface area (Å²) < 4.78 is 5.63. The molecule has 0 atom stereocenters. The lowest BCUT2D eigenvalue weighted by molar-refractivity contribution is 0.456. The van der Waals surface area contributed by atoms with Crippen molar-refractivity contribution in [1.29, 1.82) is 0 Å². The van der Waals surface area contributed by atoms with E-state index in [4.69, 9.17) is 39.5 Å². The minimum absolute atomic E-state index is 0.357. The molecule has 2 aromatic rings. The third-order valence-electron chi connectivity index (χ3n) is 2.25. The molecule has 0 saturated heterocycles. The van der Waals surface area contributed by atoms with E-state index in [1.165, 1.54) is 0 Å². The molecule has 0 amide bonds. The highest BCUT2D eigenvalue weighted by atomic mass is 35.5. The van der Waals surface area contributed by atoms with Crippen molar-refractivity contribution < 1.29 is 4.74 Å². The quantitative estimate of drug-likeness (QED) is 0.744. The number of hydrogen-bond donors (Lipinski definition) is 0. The summed E-state index contributed by atoms with van der Waals surface area (Å²) in [5.74, 6) is 1.33. The molecule has 6 heteroatoms. The Bertz CT molecular complexity index is 602. The Kier molecular flexibility index (Phi) is 3.95. The van der Waals surface area contributed by atoms with Crippen LogP contribution in [0.3, 0.4) is 0 Å². The summed E-state index contributed by atoms with van der Waals surface area (Å²) in [5, 5.41) is 1.34. The Labute approximate surface area is 120 Å². The number of nitrogens with zero attached hydrogens (tertiary/aromatic N) is 2. The molecule has 0 fully saturated rings. The lowest BCUT2D eigenvalue weighted by atomic mass is 10.3. The van der Waals surface area contributed by atoms with Gasteiger partial charge in [-0.05, 0) is 26.0 Å². The zero-order valence-electron chi connectivity index (χ0n) is 9.67. The average molecular weight is 304 g/mol. The topological polar surface area (TPSA) is 35.0 Å². The van der Waals surface area contributed by atoms with Crippen molar-refractivity contribution in [2.75, 3.05) is 0 Å². The molecule has 3 nitrogen and oxygen atoms in total. The molecule has 94 valence electrons. The van der Waals surface area contributed by atoms with Gasteiger partial charge in [-0.3, -0.25) is 0 Å². The van der Waals surface area contributed by atoms with E-state index in [-0.39, 0.29) is 0 Å². The summed E-state index contributed by atoms with van der Waals surface area (Å²) in [7, 11) is 0.